The Morgan fingerprint density at radius 1 is 1.12 bits per heavy atom. The maximum absolute atomic E-state index is 13.3. The molecule has 0 radical (unpaired) electrons. The predicted molar refractivity (Wildman–Crippen MR) is 135 cm³/mol. The van der Waals surface area contributed by atoms with Gasteiger partial charge in [0.25, 0.3) is 5.91 Å². The lowest BCUT2D eigenvalue weighted by Gasteiger charge is -2.43. The van der Waals surface area contributed by atoms with Gasteiger partial charge in [-0.15, -0.1) is 16.9 Å². The minimum Gasteiger partial charge on any atom is -0.379 e. The third kappa shape index (κ3) is 5.14. The Morgan fingerprint density at radius 3 is 2.71 bits per heavy atom. The molecule has 3 heterocycles. The van der Waals surface area contributed by atoms with Gasteiger partial charge in [-0.1, -0.05) is 30.3 Å². The summed E-state index contributed by atoms with van der Waals surface area (Å²) in [5, 5.41) is 15.4. The second kappa shape index (κ2) is 10.9. The molecule has 1 aromatic heterocycles. The first kappa shape index (κ1) is 23.3. The second-order valence-corrected chi connectivity index (χ2v) is 10.6. The normalized spacial score (nSPS) is 20.9. The average molecular weight is 497 g/mol. The van der Waals surface area contributed by atoms with Gasteiger partial charge < -0.3 is 10.1 Å². The highest BCUT2D eigenvalue weighted by atomic mass is 32.2. The monoisotopic (exact) mass is 496 g/mol. The Balaban J connectivity index is 1.26. The van der Waals surface area contributed by atoms with Crippen LogP contribution in [0.25, 0.3) is 5.69 Å². The fourth-order valence-electron chi connectivity index (χ4n) is 4.46. The van der Waals surface area contributed by atoms with E-state index in [1.54, 1.807) is 16.4 Å². The minimum atomic E-state index is -0.0321. The van der Waals surface area contributed by atoms with Gasteiger partial charge >= 0.3 is 0 Å². The van der Waals surface area contributed by atoms with Gasteiger partial charge in [0.05, 0.1) is 30.2 Å². The summed E-state index contributed by atoms with van der Waals surface area (Å²) in [5.41, 5.74) is 1.62. The standard InChI is InChI=1S/C24H28N6O2S2/c31-23(25-17-24(10-15-33-18-24)29-11-13-32-14-12-29)20-8-4-5-9-21(20)34-16-22-26-27-28-30(22)19-6-2-1-3-7-19/h1-9H,10-18H2,(H,25,31). The molecule has 3 aromatic rings. The largest absolute Gasteiger partial charge is 0.379 e. The van der Waals surface area contributed by atoms with E-state index in [0.29, 0.717) is 17.9 Å². The van der Waals surface area contributed by atoms with E-state index < -0.39 is 0 Å². The summed E-state index contributed by atoms with van der Waals surface area (Å²) < 4.78 is 7.29. The van der Waals surface area contributed by atoms with Gasteiger partial charge in [-0.25, -0.2) is 0 Å². The summed E-state index contributed by atoms with van der Waals surface area (Å²) in [5.74, 6) is 3.44. The molecule has 0 bridgehead atoms. The predicted octanol–water partition coefficient (Wildman–Crippen LogP) is 2.89. The van der Waals surface area contributed by atoms with E-state index >= 15 is 0 Å². The number of tetrazole rings is 1. The molecule has 0 spiro atoms. The molecule has 2 fully saturated rings. The van der Waals surface area contributed by atoms with Gasteiger partial charge in [0.1, 0.15) is 0 Å². The van der Waals surface area contributed by atoms with Gasteiger partial charge in [0, 0.05) is 35.8 Å². The molecule has 1 amide bonds. The summed E-state index contributed by atoms with van der Waals surface area (Å²) in [6.07, 6.45) is 1.09. The smallest absolute Gasteiger partial charge is 0.252 e. The quantitative estimate of drug-likeness (QED) is 0.477. The van der Waals surface area contributed by atoms with Crippen LogP contribution in [0, 0.1) is 0 Å². The molecule has 178 valence electrons. The van der Waals surface area contributed by atoms with E-state index in [9.17, 15) is 4.79 Å². The van der Waals surface area contributed by atoms with Crippen molar-refractivity contribution in [2.45, 2.75) is 22.6 Å². The first-order chi connectivity index (χ1) is 16.8. The zero-order valence-electron chi connectivity index (χ0n) is 18.9. The zero-order chi connectivity index (χ0) is 23.2. The van der Waals surface area contributed by atoms with Gasteiger partial charge in [-0.05, 0) is 46.9 Å². The molecule has 2 aromatic carbocycles. The molecule has 2 aliphatic rings. The summed E-state index contributed by atoms with van der Waals surface area (Å²) in [6.45, 7) is 4.05. The van der Waals surface area contributed by atoms with E-state index in [-0.39, 0.29) is 11.4 Å². The van der Waals surface area contributed by atoms with Crippen molar-refractivity contribution in [3.8, 4) is 5.69 Å². The van der Waals surface area contributed by atoms with Crippen molar-refractivity contribution in [2.75, 3.05) is 44.4 Å². The number of para-hydroxylation sites is 1. The molecule has 34 heavy (non-hydrogen) atoms. The number of morpholine rings is 1. The van der Waals surface area contributed by atoms with E-state index in [0.717, 1.165) is 60.6 Å². The van der Waals surface area contributed by atoms with E-state index in [2.05, 4.69) is 25.7 Å². The fraction of sp³-hybridized carbons (Fsp3) is 0.417. The minimum absolute atomic E-state index is 0.0178. The molecule has 8 nitrogen and oxygen atoms in total. The number of carbonyl (C=O) groups is 1. The molecule has 2 saturated heterocycles. The average Bonchev–Trinajstić information content (AvgIpc) is 3.58. The highest BCUT2D eigenvalue weighted by Gasteiger charge is 2.41. The molecule has 1 atom stereocenters. The third-order valence-corrected chi connectivity index (χ3v) is 8.67. The number of rotatable bonds is 8. The molecule has 1 unspecified atom stereocenters. The van der Waals surface area contributed by atoms with Crippen LogP contribution < -0.4 is 5.32 Å². The Bertz CT molecular complexity index is 1100. The number of thioether (sulfide) groups is 2. The molecule has 2 aliphatic heterocycles. The van der Waals surface area contributed by atoms with Gasteiger partial charge in [0.2, 0.25) is 0 Å². The number of amides is 1. The van der Waals surface area contributed by atoms with Crippen LogP contribution in [0.5, 0.6) is 0 Å². The third-order valence-electron chi connectivity index (χ3n) is 6.37. The van der Waals surface area contributed by atoms with Crippen molar-refractivity contribution in [1.82, 2.24) is 30.4 Å². The Morgan fingerprint density at radius 2 is 1.91 bits per heavy atom. The Labute approximate surface area is 207 Å². The van der Waals surface area contributed by atoms with Crippen molar-refractivity contribution in [1.29, 1.82) is 0 Å². The van der Waals surface area contributed by atoms with E-state index in [1.165, 1.54) is 0 Å². The van der Waals surface area contributed by atoms with Crippen molar-refractivity contribution in [3.63, 3.8) is 0 Å². The zero-order valence-corrected chi connectivity index (χ0v) is 20.6. The number of ether oxygens (including phenoxy) is 1. The van der Waals surface area contributed by atoms with Gasteiger partial charge in [-0.3, -0.25) is 9.69 Å². The van der Waals surface area contributed by atoms with E-state index in [4.69, 9.17) is 4.74 Å². The van der Waals surface area contributed by atoms with Crippen molar-refractivity contribution in [3.05, 3.63) is 66.0 Å². The van der Waals surface area contributed by atoms with Crippen LogP contribution in [-0.2, 0) is 10.5 Å². The summed E-state index contributed by atoms with van der Waals surface area (Å²) >= 11 is 3.54. The molecular weight excluding hydrogens is 468 g/mol. The SMILES string of the molecule is O=C(NCC1(N2CCOCC2)CCSC1)c1ccccc1SCc1nnnn1-c1ccccc1. The number of benzene rings is 2. The van der Waals surface area contributed by atoms with Gasteiger partial charge in [-0.2, -0.15) is 16.4 Å². The van der Waals surface area contributed by atoms with Crippen LogP contribution in [-0.4, -0.2) is 80.9 Å². The van der Waals surface area contributed by atoms with Crippen LogP contribution >= 0.6 is 23.5 Å². The van der Waals surface area contributed by atoms with E-state index in [1.807, 2.05) is 66.4 Å². The topological polar surface area (TPSA) is 85.2 Å². The number of hydrogen-bond donors (Lipinski definition) is 1. The highest BCUT2D eigenvalue weighted by molar-refractivity contribution is 7.99. The number of hydrogen-bond acceptors (Lipinski definition) is 8. The van der Waals surface area contributed by atoms with Crippen molar-refractivity contribution in [2.24, 2.45) is 0 Å². The lowest BCUT2D eigenvalue weighted by atomic mass is 9.95. The summed E-state index contributed by atoms with van der Waals surface area (Å²) in [4.78, 5) is 16.7. The molecule has 10 heteroatoms. The lowest BCUT2D eigenvalue weighted by Crippen LogP contribution is -2.59. The first-order valence-corrected chi connectivity index (χ1v) is 13.6. The molecule has 0 aliphatic carbocycles. The number of carbonyl (C=O) groups excluding carboxylic acids is 1. The highest BCUT2D eigenvalue weighted by Crippen LogP contribution is 2.34. The molecule has 5 rings (SSSR count). The summed E-state index contributed by atoms with van der Waals surface area (Å²) in [7, 11) is 0. The first-order valence-electron chi connectivity index (χ1n) is 11.5. The van der Waals surface area contributed by atoms with Crippen LogP contribution in [0.15, 0.2) is 59.5 Å². The van der Waals surface area contributed by atoms with Crippen LogP contribution in [0.3, 0.4) is 0 Å². The summed E-state index contributed by atoms with van der Waals surface area (Å²) in [6, 6.07) is 17.6. The second-order valence-electron chi connectivity index (χ2n) is 8.44. The lowest BCUT2D eigenvalue weighted by molar-refractivity contribution is -0.0129. The number of nitrogens with one attached hydrogen (secondary N) is 1. The molecule has 0 saturated carbocycles. The maximum atomic E-state index is 13.3. The van der Waals surface area contributed by atoms with Crippen molar-refractivity contribution < 1.29 is 9.53 Å². The van der Waals surface area contributed by atoms with Gasteiger partial charge in [0.15, 0.2) is 5.82 Å². The van der Waals surface area contributed by atoms with Crippen molar-refractivity contribution >= 4 is 29.4 Å². The van der Waals surface area contributed by atoms with Crippen LogP contribution in [0.1, 0.15) is 22.6 Å². The maximum Gasteiger partial charge on any atom is 0.252 e. The Hall–Kier alpha value is -2.40. The van der Waals surface area contributed by atoms with Crippen LogP contribution in [0.2, 0.25) is 0 Å². The fourth-order valence-corrected chi connectivity index (χ4v) is 6.90. The Kier molecular flexibility index (Phi) is 7.48. The number of aromatic nitrogens is 4. The molecular formula is C24H28N6O2S2. The molecule has 1 N–H and O–H groups in total. The number of nitrogens with zero attached hydrogens (tertiary/aromatic N) is 5. The van der Waals surface area contributed by atoms with Crippen LogP contribution in [0.4, 0.5) is 0 Å².